The van der Waals surface area contributed by atoms with E-state index >= 15 is 8.78 Å². The predicted octanol–water partition coefficient (Wildman–Crippen LogP) is 9.81. The molecule has 2 bridgehead atoms. The number of fused-ring (bicyclic) bond motifs is 5. The number of aromatic nitrogens is 2. The highest BCUT2D eigenvalue weighted by Crippen LogP contribution is 2.55. The lowest BCUT2D eigenvalue weighted by atomic mass is 9.69. The largest absolute Gasteiger partial charge is 0.508 e. The fraction of sp³-hybridized carbons (Fsp3) is 0.558. The standard InChI is InChI=1S/C43H55F2N5O2/c1-8-11-12-17-43(7,20-27(44)9-2)23-52-42-48-40-35-25(6)34-33(45)16-13-26-18-30(51)19-32(36(26)34)37(35)39(46-24(4)5)31(10-3)38(40)41(49-42)50-21-28-14-15-29(22-50)47-28/h10,13,16,18-19,24-25,27-29,47,51H,8-9,11-12,14-15,17,20-23H2,1-7H3/b31-10-,46-39?. The van der Waals surface area contributed by atoms with E-state index in [1.165, 1.54) is 6.07 Å². The first kappa shape index (κ1) is 36.5. The van der Waals surface area contributed by atoms with Gasteiger partial charge in [0.2, 0.25) is 0 Å². The minimum Gasteiger partial charge on any atom is -0.508 e. The second-order valence-corrected chi connectivity index (χ2v) is 16.2. The highest BCUT2D eigenvalue weighted by molar-refractivity contribution is 6.52. The first-order chi connectivity index (χ1) is 24.9. The second-order valence-electron chi connectivity index (χ2n) is 16.2. The average molecular weight is 712 g/mol. The number of hydrogen-bond acceptors (Lipinski definition) is 7. The molecule has 9 heteroatoms. The Hall–Kier alpha value is -3.85. The number of benzene rings is 2. The molecule has 52 heavy (non-hydrogen) atoms. The van der Waals surface area contributed by atoms with Crippen molar-refractivity contribution in [2.45, 2.75) is 130 Å². The molecule has 1 aromatic heterocycles. The van der Waals surface area contributed by atoms with Crippen LogP contribution in [-0.2, 0) is 0 Å². The number of rotatable bonds is 12. The van der Waals surface area contributed by atoms with Crippen LogP contribution >= 0.6 is 0 Å². The normalized spacial score (nSPS) is 24.1. The van der Waals surface area contributed by atoms with Crippen molar-refractivity contribution in [2.24, 2.45) is 10.4 Å². The van der Waals surface area contributed by atoms with Gasteiger partial charge in [0.25, 0.3) is 0 Å². The van der Waals surface area contributed by atoms with Gasteiger partial charge in [-0.15, -0.1) is 0 Å². The number of phenols is 1. The van der Waals surface area contributed by atoms with Gasteiger partial charge in [0.05, 0.1) is 23.6 Å². The molecule has 278 valence electrons. The van der Waals surface area contributed by atoms with Crippen molar-refractivity contribution >= 4 is 39.0 Å². The Morgan fingerprint density at radius 3 is 2.56 bits per heavy atom. The molecular weight excluding hydrogens is 657 g/mol. The lowest BCUT2D eigenvalue weighted by Crippen LogP contribution is -2.51. The fourth-order valence-electron chi connectivity index (χ4n) is 9.17. The van der Waals surface area contributed by atoms with Crippen molar-refractivity contribution in [3.05, 3.63) is 58.5 Å². The van der Waals surface area contributed by atoms with Gasteiger partial charge >= 0.3 is 6.01 Å². The number of nitrogens with one attached hydrogen (secondary N) is 1. The minimum atomic E-state index is -0.910. The summed E-state index contributed by atoms with van der Waals surface area (Å²) in [4.78, 5) is 18.1. The zero-order valence-electron chi connectivity index (χ0n) is 32.0. The van der Waals surface area contributed by atoms with Crippen LogP contribution in [0.2, 0.25) is 0 Å². The molecule has 0 saturated carbocycles. The second kappa shape index (κ2) is 14.5. The van der Waals surface area contributed by atoms with E-state index in [2.05, 4.69) is 44.0 Å². The Morgan fingerprint density at radius 1 is 1.13 bits per heavy atom. The van der Waals surface area contributed by atoms with Gasteiger partial charge in [-0.1, -0.05) is 59.1 Å². The van der Waals surface area contributed by atoms with Crippen molar-refractivity contribution in [3.8, 4) is 11.8 Å². The maximum absolute atomic E-state index is 16.1. The van der Waals surface area contributed by atoms with Crippen LogP contribution < -0.4 is 15.0 Å². The van der Waals surface area contributed by atoms with Crippen molar-refractivity contribution in [1.29, 1.82) is 0 Å². The summed E-state index contributed by atoms with van der Waals surface area (Å²) in [5, 5.41) is 16.4. The lowest BCUT2D eigenvalue weighted by molar-refractivity contribution is 0.0945. The molecule has 3 aromatic rings. The summed E-state index contributed by atoms with van der Waals surface area (Å²) in [5.74, 6) is 0.244. The van der Waals surface area contributed by atoms with Crippen LogP contribution in [0.5, 0.6) is 11.8 Å². The van der Waals surface area contributed by atoms with Crippen LogP contribution in [0.4, 0.5) is 14.6 Å². The number of nitrogens with zero attached hydrogens (tertiary/aromatic N) is 4. The van der Waals surface area contributed by atoms with Crippen molar-refractivity contribution in [3.63, 3.8) is 0 Å². The van der Waals surface area contributed by atoms with Gasteiger partial charge in [-0.25, -0.2) is 8.78 Å². The monoisotopic (exact) mass is 711 g/mol. The van der Waals surface area contributed by atoms with Gasteiger partial charge in [0.15, 0.2) is 0 Å². The number of anilines is 1. The molecule has 2 aliphatic heterocycles. The number of phenolic OH excluding ortho intramolecular Hbond substituents is 1. The van der Waals surface area contributed by atoms with Crippen LogP contribution in [0.3, 0.4) is 0 Å². The van der Waals surface area contributed by atoms with Crippen molar-refractivity contribution in [2.75, 3.05) is 24.6 Å². The number of aromatic hydroxyl groups is 1. The maximum Gasteiger partial charge on any atom is 0.318 e. The zero-order valence-corrected chi connectivity index (χ0v) is 32.0. The summed E-state index contributed by atoms with van der Waals surface area (Å²) in [7, 11) is 0. The van der Waals surface area contributed by atoms with E-state index in [-0.39, 0.29) is 35.0 Å². The van der Waals surface area contributed by atoms with Gasteiger partial charge in [0, 0.05) is 59.3 Å². The summed E-state index contributed by atoms with van der Waals surface area (Å²) in [6, 6.07) is 7.63. The zero-order chi connectivity index (χ0) is 36.9. The van der Waals surface area contributed by atoms with Crippen LogP contribution in [0.25, 0.3) is 27.5 Å². The molecule has 2 N–H and O–H groups in total. The van der Waals surface area contributed by atoms with Crippen LogP contribution in [0, 0.1) is 11.2 Å². The Labute approximate surface area is 307 Å². The number of alkyl halides is 1. The molecule has 2 aromatic carbocycles. The molecule has 7 nitrogen and oxygen atoms in total. The van der Waals surface area contributed by atoms with E-state index in [0.717, 1.165) is 102 Å². The van der Waals surface area contributed by atoms with Crippen LogP contribution in [-0.4, -0.2) is 64.8 Å². The predicted molar refractivity (Wildman–Crippen MR) is 209 cm³/mol. The quantitative estimate of drug-likeness (QED) is 0.182. The average Bonchev–Trinajstić information content (AvgIpc) is 3.45. The molecule has 7 rings (SSSR count). The summed E-state index contributed by atoms with van der Waals surface area (Å²) in [5.41, 5.74) is 6.00. The third kappa shape index (κ3) is 6.63. The molecule has 2 fully saturated rings. The summed E-state index contributed by atoms with van der Waals surface area (Å²) >= 11 is 0. The fourth-order valence-corrected chi connectivity index (χ4v) is 9.17. The van der Waals surface area contributed by atoms with Crippen molar-refractivity contribution < 1.29 is 18.6 Å². The number of allylic oxidation sites excluding steroid dienone is 4. The number of hydrogen-bond donors (Lipinski definition) is 2. The third-order valence-electron chi connectivity index (χ3n) is 11.7. The van der Waals surface area contributed by atoms with Gasteiger partial charge in [0.1, 0.15) is 23.6 Å². The molecule has 5 atom stereocenters. The number of aliphatic imine (C=N–C) groups is 1. The highest BCUT2D eigenvalue weighted by atomic mass is 19.1. The van der Waals surface area contributed by atoms with E-state index < -0.39 is 6.17 Å². The Morgan fingerprint density at radius 2 is 1.88 bits per heavy atom. The molecule has 0 radical (unpaired) electrons. The van der Waals surface area contributed by atoms with E-state index in [9.17, 15) is 5.11 Å². The first-order valence-electron chi connectivity index (χ1n) is 19.6. The molecule has 0 spiro atoms. The number of piperazine rings is 1. The SMILES string of the molecule is C/C=C1\C(=NC(C)C)C2=C(c3nc(OCC(C)(CCCCC)CC(F)CC)nc(N4CC5CCC(C4)N5)c31)C(C)c1c(F)ccc3cc(O)cc2c13. The maximum atomic E-state index is 16.1. The van der Waals surface area contributed by atoms with Gasteiger partial charge in [-0.05, 0) is 93.0 Å². The number of unbranched alkanes of at least 4 members (excludes halogenated alkanes) is 2. The molecule has 3 heterocycles. The van der Waals surface area contributed by atoms with E-state index in [1.54, 1.807) is 18.2 Å². The number of halogens is 2. The highest BCUT2D eigenvalue weighted by Gasteiger charge is 2.43. The summed E-state index contributed by atoms with van der Waals surface area (Å²) < 4.78 is 37.8. The topological polar surface area (TPSA) is 82.9 Å². The summed E-state index contributed by atoms with van der Waals surface area (Å²) in [6.07, 6.45) is 8.34. The molecule has 2 aliphatic carbocycles. The Kier molecular flexibility index (Phi) is 10.2. The first-order valence-corrected chi connectivity index (χ1v) is 19.6. The molecule has 0 amide bonds. The van der Waals surface area contributed by atoms with E-state index in [4.69, 9.17) is 19.7 Å². The van der Waals surface area contributed by atoms with Crippen LogP contribution in [0.15, 0.2) is 35.3 Å². The minimum absolute atomic E-state index is 0.0351. The molecule has 5 unspecified atom stereocenters. The molecule has 4 aliphatic rings. The smallest absolute Gasteiger partial charge is 0.318 e. The van der Waals surface area contributed by atoms with Crippen molar-refractivity contribution in [1.82, 2.24) is 15.3 Å². The number of ether oxygens (including phenoxy) is 1. The van der Waals surface area contributed by atoms with Gasteiger partial charge < -0.3 is 20.1 Å². The van der Waals surface area contributed by atoms with E-state index in [1.807, 2.05) is 20.8 Å². The summed E-state index contributed by atoms with van der Waals surface area (Å²) in [6.45, 7) is 16.3. The Balaban J connectivity index is 1.46. The van der Waals surface area contributed by atoms with Crippen LogP contribution in [0.1, 0.15) is 128 Å². The lowest BCUT2D eigenvalue weighted by Gasteiger charge is -2.39. The third-order valence-corrected chi connectivity index (χ3v) is 11.7. The molecular formula is C43H55F2N5O2. The van der Waals surface area contributed by atoms with E-state index in [0.29, 0.717) is 42.8 Å². The Bertz CT molecular complexity index is 1940. The molecule has 2 saturated heterocycles. The van der Waals surface area contributed by atoms with Gasteiger partial charge in [-0.3, -0.25) is 4.99 Å². The van der Waals surface area contributed by atoms with Gasteiger partial charge in [-0.2, -0.15) is 9.97 Å².